The summed E-state index contributed by atoms with van der Waals surface area (Å²) in [4.78, 5) is 8.83. The number of furan rings is 1. The number of ether oxygens (including phenoxy) is 1. The monoisotopic (exact) mass is 372 g/mol. The number of H-pyrrole nitrogens is 1. The molecule has 2 aromatic rings. The number of nitrogens with one attached hydrogen (secondary N) is 3. The predicted molar refractivity (Wildman–Crippen MR) is 102 cm³/mol. The first kappa shape index (κ1) is 18.0. The summed E-state index contributed by atoms with van der Waals surface area (Å²) in [5.41, 5.74) is 0.270. The van der Waals surface area contributed by atoms with Gasteiger partial charge < -0.3 is 19.8 Å². The van der Waals surface area contributed by atoms with Gasteiger partial charge in [0.2, 0.25) is 5.82 Å². The molecule has 1 spiro atoms. The molecule has 0 amide bonds. The molecule has 2 atom stereocenters. The van der Waals surface area contributed by atoms with Crippen LogP contribution in [0.1, 0.15) is 44.9 Å². The number of aromatic nitrogens is 3. The molecule has 0 aromatic carbocycles. The third-order valence-electron chi connectivity index (χ3n) is 5.92. The third kappa shape index (κ3) is 3.45. The van der Waals surface area contributed by atoms with Crippen LogP contribution in [0.15, 0.2) is 27.8 Å². The molecule has 8 heteroatoms. The van der Waals surface area contributed by atoms with Gasteiger partial charge in [-0.15, -0.1) is 5.10 Å². The summed E-state index contributed by atoms with van der Waals surface area (Å²) in [6.07, 6.45) is 8.10. The van der Waals surface area contributed by atoms with E-state index in [1.54, 1.807) is 13.3 Å². The van der Waals surface area contributed by atoms with Crippen molar-refractivity contribution in [2.75, 3.05) is 13.7 Å². The van der Waals surface area contributed by atoms with E-state index in [4.69, 9.17) is 9.15 Å². The second-order valence-corrected chi connectivity index (χ2v) is 7.33. The van der Waals surface area contributed by atoms with Crippen LogP contribution in [0.4, 0.5) is 0 Å². The van der Waals surface area contributed by atoms with E-state index >= 15 is 0 Å². The second-order valence-electron chi connectivity index (χ2n) is 7.33. The van der Waals surface area contributed by atoms with Crippen LogP contribution in [0.2, 0.25) is 0 Å². The molecule has 3 N–H and O–H groups in total. The number of nitrogens with zero attached hydrogens (tertiary/aromatic N) is 3. The SMILES string of the molecule is CCOC1CC(NC(=NC)NCc2nc(-c3ccco3)n[nH]2)C12CCCC2. The average Bonchev–Trinajstić information content (AvgIpc) is 3.44. The van der Waals surface area contributed by atoms with E-state index in [-0.39, 0.29) is 5.41 Å². The van der Waals surface area contributed by atoms with Crippen molar-refractivity contribution in [2.45, 2.75) is 57.7 Å². The molecular formula is C19H28N6O2. The van der Waals surface area contributed by atoms with Crippen molar-refractivity contribution in [3.63, 3.8) is 0 Å². The molecule has 8 nitrogen and oxygen atoms in total. The van der Waals surface area contributed by atoms with Gasteiger partial charge in [0.15, 0.2) is 11.7 Å². The van der Waals surface area contributed by atoms with Crippen molar-refractivity contribution in [3.05, 3.63) is 24.2 Å². The van der Waals surface area contributed by atoms with Crippen molar-refractivity contribution in [1.82, 2.24) is 25.8 Å². The minimum atomic E-state index is 0.270. The van der Waals surface area contributed by atoms with Gasteiger partial charge in [-0.1, -0.05) is 12.8 Å². The van der Waals surface area contributed by atoms with E-state index in [0.29, 0.717) is 30.3 Å². The van der Waals surface area contributed by atoms with Crippen molar-refractivity contribution in [1.29, 1.82) is 0 Å². The summed E-state index contributed by atoms with van der Waals surface area (Å²) in [6, 6.07) is 4.08. The van der Waals surface area contributed by atoms with E-state index in [9.17, 15) is 0 Å². The zero-order valence-corrected chi connectivity index (χ0v) is 16.0. The first-order valence-electron chi connectivity index (χ1n) is 9.79. The fourth-order valence-corrected chi connectivity index (χ4v) is 4.51. The molecule has 2 fully saturated rings. The summed E-state index contributed by atoms with van der Waals surface area (Å²) in [7, 11) is 1.80. The number of hydrogen-bond acceptors (Lipinski definition) is 5. The number of aromatic amines is 1. The van der Waals surface area contributed by atoms with E-state index in [1.165, 1.54) is 25.7 Å². The third-order valence-corrected chi connectivity index (χ3v) is 5.92. The highest BCUT2D eigenvalue weighted by Gasteiger charge is 2.56. The maximum absolute atomic E-state index is 6.00. The van der Waals surface area contributed by atoms with Crippen LogP contribution in [0.25, 0.3) is 11.6 Å². The van der Waals surface area contributed by atoms with E-state index in [0.717, 1.165) is 24.8 Å². The Labute approximate surface area is 159 Å². The van der Waals surface area contributed by atoms with Crippen molar-refractivity contribution in [3.8, 4) is 11.6 Å². The lowest BCUT2D eigenvalue weighted by molar-refractivity contribution is -0.125. The van der Waals surface area contributed by atoms with Gasteiger partial charge in [0.05, 0.1) is 18.9 Å². The fourth-order valence-electron chi connectivity index (χ4n) is 4.51. The van der Waals surface area contributed by atoms with Gasteiger partial charge in [-0.3, -0.25) is 10.1 Å². The number of rotatable bonds is 6. The minimum absolute atomic E-state index is 0.270. The molecule has 27 heavy (non-hydrogen) atoms. The van der Waals surface area contributed by atoms with Gasteiger partial charge in [0, 0.05) is 25.1 Å². The Hall–Kier alpha value is -2.35. The Balaban J connectivity index is 1.34. The molecule has 2 saturated carbocycles. The first-order chi connectivity index (χ1) is 13.2. The van der Waals surface area contributed by atoms with Crippen LogP contribution >= 0.6 is 0 Å². The number of aliphatic imine (C=N–C) groups is 1. The first-order valence-corrected chi connectivity index (χ1v) is 9.79. The van der Waals surface area contributed by atoms with Gasteiger partial charge in [0.25, 0.3) is 0 Å². The highest BCUT2D eigenvalue weighted by Crippen LogP contribution is 2.54. The number of hydrogen-bond donors (Lipinski definition) is 3. The zero-order valence-electron chi connectivity index (χ0n) is 16.0. The van der Waals surface area contributed by atoms with E-state index < -0.39 is 0 Å². The standard InChI is InChI=1S/C19H28N6O2/c1-3-26-15-11-14(19(15)8-4-5-9-19)22-18(20-2)21-12-16-23-17(25-24-16)13-7-6-10-27-13/h6-7,10,14-15H,3-5,8-9,11-12H2,1-2H3,(H2,20,21,22)(H,23,24,25). The predicted octanol–water partition coefficient (Wildman–Crippen LogP) is 2.47. The normalized spacial score (nSPS) is 24.1. The molecule has 2 aromatic heterocycles. The Morgan fingerprint density at radius 3 is 3.00 bits per heavy atom. The van der Waals surface area contributed by atoms with E-state index in [1.807, 2.05) is 12.1 Å². The van der Waals surface area contributed by atoms with Gasteiger partial charge >= 0.3 is 0 Å². The molecule has 0 aliphatic heterocycles. The quantitative estimate of drug-likeness (QED) is 0.532. The highest BCUT2D eigenvalue weighted by molar-refractivity contribution is 5.80. The minimum Gasteiger partial charge on any atom is -0.461 e. The van der Waals surface area contributed by atoms with Crippen molar-refractivity contribution >= 4 is 5.96 Å². The Bertz CT molecular complexity index is 763. The largest absolute Gasteiger partial charge is 0.461 e. The molecule has 0 saturated heterocycles. The van der Waals surface area contributed by atoms with Crippen molar-refractivity contribution < 1.29 is 9.15 Å². The molecule has 0 bridgehead atoms. The molecule has 2 aliphatic carbocycles. The molecule has 146 valence electrons. The summed E-state index contributed by atoms with van der Waals surface area (Å²) in [5, 5.41) is 14.1. The summed E-state index contributed by atoms with van der Waals surface area (Å²) < 4.78 is 11.3. The smallest absolute Gasteiger partial charge is 0.216 e. The Morgan fingerprint density at radius 2 is 2.30 bits per heavy atom. The van der Waals surface area contributed by atoms with Gasteiger partial charge in [0.1, 0.15) is 5.82 Å². The van der Waals surface area contributed by atoms with Gasteiger partial charge in [-0.25, -0.2) is 4.98 Å². The summed E-state index contributed by atoms with van der Waals surface area (Å²) in [6.45, 7) is 3.38. The lowest BCUT2D eigenvalue weighted by atomic mass is 9.60. The van der Waals surface area contributed by atoms with Crippen LogP contribution < -0.4 is 10.6 Å². The lowest BCUT2D eigenvalue weighted by Gasteiger charge is -2.54. The van der Waals surface area contributed by atoms with Gasteiger partial charge in [-0.2, -0.15) is 0 Å². The molecule has 2 heterocycles. The van der Waals surface area contributed by atoms with Crippen LogP contribution in [0.5, 0.6) is 0 Å². The molecule has 2 aliphatic rings. The molecular weight excluding hydrogens is 344 g/mol. The highest BCUT2D eigenvalue weighted by atomic mass is 16.5. The molecule has 2 unspecified atom stereocenters. The maximum atomic E-state index is 6.00. The second kappa shape index (κ2) is 7.72. The summed E-state index contributed by atoms with van der Waals surface area (Å²) in [5.74, 6) is 2.74. The maximum Gasteiger partial charge on any atom is 0.216 e. The topological polar surface area (TPSA) is 100 Å². The van der Waals surface area contributed by atoms with Crippen LogP contribution in [-0.4, -0.2) is 46.9 Å². The average molecular weight is 372 g/mol. The number of guanidine groups is 1. The van der Waals surface area contributed by atoms with Crippen LogP contribution in [0.3, 0.4) is 0 Å². The van der Waals surface area contributed by atoms with E-state index in [2.05, 4.69) is 37.7 Å². The van der Waals surface area contributed by atoms with Crippen molar-refractivity contribution in [2.24, 2.45) is 10.4 Å². The van der Waals surface area contributed by atoms with Gasteiger partial charge in [-0.05, 0) is 38.3 Å². The lowest BCUT2D eigenvalue weighted by Crippen LogP contribution is -2.65. The Morgan fingerprint density at radius 1 is 1.44 bits per heavy atom. The molecule has 4 rings (SSSR count). The van der Waals surface area contributed by atoms with Crippen LogP contribution in [-0.2, 0) is 11.3 Å². The fraction of sp³-hybridized carbons (Fsp3) is 0.632. The molecule has 0 radical (unpaired) electrons. The zero-order chi connectivity index (χ0) is 18.7. The summed E-state index contributed by atoms with van der Waals surface area (Å²) >= 11 is 0. The Kier molecular flexibility index (Phi) is 5.15. The van der Waals surface area contributed by atoms with Crippen LogP contribution in [0, 0.1) is 5.41 Å².